The number of likely N-dealkylation sites (tertiary alicyclic amines) is 1. The Labute approximate surface area is 245 Å². The molecular weight excluding hydrogens is 540 g/mol. The minimum atomic E-state index is -0.778. The Hall–Kier alpha value is -3.56. The first-order chi connectivity index (χ1) is 19.6. The van der Waals surface area contributed by atoms with Gasteiger partial charge in [-0.05, 0) is 80.6 Å². The molecule has 0 aliphatic carbocycles. The van der Waals surface area contributed by atoms with Crippen LogP contribution in [-0.4, -0.2) is 72.4 Å². The predicted molar refractivity (Wildman–Crippen MR) is 162 cm³/mol. The summed E-state index contributed by atoms with van der Waals surface area (Å²) in [6.45, 7) is 3.66. The molecule has 2 aliphatic heterocycles. The third-order valence-corrected chi connectivity index (χ3v) is 9.04. The Morgan fingerprint density at radius 1 is 1.15 bits per heavy atom. The summed E-state index contributed by atoms with van der Waals surface area (Å²) in [5.41, 5.74) is 15.5. The number of urea groups is 1. The average molecular weight is 579 g/mol. The van der Waals surface area contributed by atoms with Crippen LogP contribution in [0.5, 0.6) is 0 Å². The highest BCUT2D eigenvalue weighted by atomic mass is 35.5. The van der Waals surface area contributed by atoms with Crippen molar-refractivity contribution in [3.63, 3.8) is 0 Å². The van der Waals surface area contributed by atoms with E-state index in [1.165, 1.54) is 4.90 Å². The van der Waals surface area contributed by atoms with Gasteiger partial charge < -0.3 is 31.2 Å². The monoisotopic (exact) mass is 578 g/mol. The van der Waals surface area contributed by atoms with Gasteiger partial charge in [-0.2, -0.15) is 0 Å². The van der Waals surface area contributed by atoms with Crippen molar-refractivity contribution in [2.75, 3.05) is 38.6 Å². The van der Waals surface area contributed by atoms with E-state index in [-0.39, 0.29) is 17.7 Å². The van der Waals surface area contributed by atoms with Crippen LogP contribution in [-0.2, 0) is 16.0 Å². The lowest BCUT2D eigenvalue weighted by atomic mass is 9.72. The van der Waals surface area contributed by atoms with Crippen molar-refractivity contribution in [2.24, 2.45) is 29.2 Å². The second kappa shape index (κ2) is 11.7. The number of rotatable bonds is 7. The maximum absolute atomic E-state index is 15.0. The van der Waals surface area contributed by atoms with Crippen molar-refractivity contribution in [2.45, 2.75) is 38.1 Å². The van der Waals surface area contributed by atoms with Gasteiger partial charge in [0.2, 0.25) is 11.8 Å². The van der Waals surface area contributed by atoms with E-state index in [9.17, 15) is 9.59 Å². The number of carbonyl (C=O) groups excluding carboxylic acids is 3. The van der Waals surface area contributed by atoms with Gasteiger partial charge in [0.1, 0.15) is 0 Å². The Bertz CT molecular complexity index is 1430. The summed E-state index contributed by atoms with van der Waals surface area (Å²) in [6.07, 6.45) is 3.79. The molecule has 2 aliphatic rings. The third-order valence-electron chi connectivity index (χ3n) is 8.81. The summed E-state index contributed by atoms with van der Waals surface area (Å²) in [7, 11) is 4.04. The number of halogens is 1. The van der Waals surface area contributed by atoms with Crippen molar-refractivity contribution in [3.8, 4) is 0 Å². The Morgan fingerprint density at radius 3 is 2.61 bits per heavy atom. The summed E-state index contributed by atoms with van der Waals surface area (Å²) in [6, 6.07) is 12.1. The van der Waals surface area contributed by atoms with Crippen LogP contribution in [0.4, 0.5) is 10.5 Å². The number of piperidine rings is 1. The topological polar surface area (TPSA) is 129 Å². The van der Waals surface area contributed by atoms with Crippen LogP contribution in [0.3, 0.4) is 0 Å². The van der Waals surface area contributed by atoms with Crippen molar-refractivity contribution in [1.29, 1.82) is 0 Å². The maximum atomic E-state index is 15.0. The Morgan fingerprint density at radius 2 is 1.90 bits per heavy atom. The van der Waals surface area contributed by atoms with Gasteiger partial charge >= 0.3 is 6.03 Å². The lowest BCUT2D eigenvalue weighted by molar-refractivity contribution is -0.131. The molecular formula is C31H39ClN6O3. The van der Waals surface area contributed by atoms with Crippen LogP contribution in [0.15, 0.2) is 48.7 Å². The molecule has 3 aromatic rings. The highest BCUT2D eigenvalue weighted by molar-refractivity contribution is 6.30. The van der Waals surface area contributed by atoms with Gasteiger partial charge in [0.25, 0.3) is 0 Å². The number of carbonyl (C=O) groups is 3. The van der Waals surface area contributed by atoms with E-state index in [4.69, 9.17) is 23.1 Å². The molecule has 5 rings (SSSR count). The van der Waals surface area contributed by atoms with Gasteiger partial charge in [-0.3, -0.25) is 9.59 Å². The number of amides is 4. The molecule has 9 nitrogen and oxygen atoms in total. The van der Waals surface area contributed by atoms with Crippen LogP contribution in [0, 0.1) is 17.8 Å². The molecule has 0 radical (unpaired) electrons. The minimum absolute atomic E-state index is 0.154. The average Bonchev–Trinajstić information content (AvgIpc) is 3.36. The first-order valence-corrected chi connectivity index (χ1v) is 14.6. The van der Waals surface area contributed by atoms with Crippen molar-refractivity contribution in [3.05, 3.63) is 64.8 Å². The van der Waals surface area contributed by atoms with Gasteiger partial charge in [0.05, 0.1) is 17.9 Å². The number of nitrogens with zero attached hydrogens (tertiary/aromatic N) is 3. The van der Waals surface area contributed by atoms with Crippen LogP contribution in [0.1, 0.15) is 36.8 Å². The normalized spacial score (nSPS) is 22.4. The predicted octanol–water partition coefficient (Wildman–Crippen LogP) is 3.95. The number of hydrogen-bond acceptors (Lipinski definition) is 4. The molecule has 4 unspecified atom stereocenters. The van der Waals surface area contributed by atoms with Crippen LogP contribution in [0.25, 0.3) is 10.9 Å². The van der Waals surface area contributed by atoms with E-state index < -0.39 is 29.8 Å². The third kappa shape index (κ3) is 5.65. The number of benzene rings is 2. The van der Waals surface area contributed by atoms with Crippen molar-refractivity contribution < 1.29 is 14.4 Å². The molecule has 5 N–H and O–H groups in total. The number of nitrogens with two attached hydrogens (primary N) is 2. The van der Waals surface area contributed by atoms with Crippen molar-refractivity contribution in [1.82, 2.24) is 14.8 Å². The summed E-state index contributed by atoms with van der Waals surface area (Å²) < 4.78 is 0. The Balaban J connectivity index is 1.66. The molecule has 0 saturated carbocycles. The number of fused-ring (bicyclic) bond motifs is 2. The van der Waals surface area contributed by atoms with E-state index in [1.54, 1.807) is 6.07 Å². The number of primary amides is 2. The molecule has 1 fully saturated rings. The number of nitrogens with one attached hydrogen (secondary N) is 1. The van der Waals surface area contributed by atoms with E-state index in [0.717, 1.165) is 40.7 Å². The first-order valence-electron chi connectivity index (χ1n) is 14.2. The van der Waals surface area contributed by atoms with Crippen LogP contribution >= 0.6 is 11.6 Å². The summed E-state index contributed by atoms with van der Waals surface area (Å²) in [5.74, 6) is -2.35. The van der Waals surface area contributed by atoms with Crippen molar-refractivity contribution >= 4 is 46.0 Å². The number of aromatic nitrogens is 1. The van der Waals surface area contributed by atoms with E-state index >= 15 is 4.79 Å². The Kier molecular flexibility index (Phi) is 8.29. The van der Waals surface area contributed by atoms with E-state index in [1.807, 2.05) is 68.5 Å². The van der Waals surface area contributed by atoms with Gasteiger partial charge in [0, 0.05) is 47.4 Å². The van der Waals surface area contributed by atoms with E-state index in [0.29, 0.717) is 31.0 Å². The lowest BCUT2D eigenvalue weighted by Gasteiger charge is -2.47. The number of anilines is 1. The molecule has 3 heterocycles. The van der Waals surface area contributed by atoms with Crippen LogP contribution in [0.2, 0.25) is 5.02 Å². The summed E-state index contributed by atoms with van der Waals surface area (Å²) in [4.78, 5) is 49.5. The van der Waals surface area contributed by atoms with Gasteiger partial charge in [-0.25, -0.2) is 4.79 Å². The molecule has 41 heavy (non-hydrogen) atoms. The molecule has 5 atom stereocenters. The highest BCUT2D eigenvalue weighted by Gasteiger charge is 2.49. The highest BCUT2D eigenvalue weighted by Crippen LogP contribution is 2.42. The zero-order chi connectivity index (χ0) is 29.4. The number of H-pyrrole nitrogens is 1. The zero-order valence-electron chi connectivity index (χ0n) is 23.8. The molecule has 4 amide bonds. The van der Waals surface area contributed by atoms with E-state index in [2.05, 4.69) is 9.88 Å². The fourth-order valence-corrected chi connectivity index (χ4v) is 7.29. The van der Waals surface area contributed by atoms with Gasteiger partial charge in [0.15, 0.2) is 0 Å². The molecule has 0 bridgehead atoms. The second-order valence-electron chi connectivity index (χ2n) is 11.8. The summed E-state index contributed by atoms with van der Waals surface area (Å²) in [5, 5.41) is 1.61. The molecule has 1 aromatic heterocycles. The number of hydrogen-bond donors (Lipinski definition) is 3. The number of para-hydroxylation sites is 1. The maximum Gasteiger partial charge on any atom is 0.315 e. The molecule has 10 heteroatoms. The second-order valence-corrected chi connectivity index (χ2v) is 12.3. The first kappa shape index (κ1) is 29.0. The largest absolute Gasteiger partial charge is 0.369 e. The standard InChI is InChI=1S/C31H39ClN6O3/c1-18(24-15-35-25-9-5-4-7-22(24)25)27(28-23(29(33)39)8-6-12-37(28)31(34)41)30(40)38-17-19(16-36(2)3)13-20-14-21(32)10-11-26(20)38/h4-5,7,9-11,14-15,18-19,23,27-28,35H,6,8,12-13,16-17H2,1-3H3,(H2,33,39)(H2,34,41)/t18?,19-,23?,27?,28?/m1/s1. The van der Waals surface area contributed by atoms with Gasteiger partial charge in [-0.1, -0.05) is 36.7 Å². The lowest BCUT2D eigenvalue weighted by Crippen LogP contribution is -2.61. The molecule has 218 valence electrons. The molecule has 1 saturated heterocycles. The quantitative estimate of drug-likeness (QED) is 0.392. The fraction of sp³-hybridized carbons (Fsp3) is 0.452. The number of aromatic amines is 1. The minimum Gasteiger partial charge on any atom is -0.369 e. The smallest absolute Gasteiger partial charge is 0.315 e. The fourth-order valence-electron chi connectivity index (χ4n) is 7.09. The van der Waals surface area contributed by atoms with Gasteiger partial charge in [-0.15, -0.1) is 0 Å². The SMILES string of the molecule is CC(c1c[nH]c2ccccc12)C(C(=O)N1C[C@@H](CN(C)C)Cc2cc(Cl)ccc21)C1C(C(N)=O)CCCN1C(N)=O. The zero-order valence-corrected chi connectivity index (χ0v) is 24.6. The molecule has 0 spiro atoms. The summed E-state index contributed by atoms with van der Waals surface area (Å²) >= 11 is 6.40. The van der Waals surface area contributed by atoms with Crippen LogP contribution < -0.4 is 16.4 Å². The molecule has 2 aromatic carbocycles.